The Hall–Kier alpha value is -3.05. The van der Waals surface area contributed by atoms with Gasteiger partial charge < -0.3 is 14.6 Å². The quantitative estimate of drug-likeness (QED) is 0.434. The van der Waals surface area contributed by atoms with Crippen LogP contribution in [0.1, 0.15) is 16.0 Å². The lowest BCUT2D eigenvalue weighted by molar-refractivity contribution is -0.130. The van der Waals surface area contributed by atoms with Crippen molar-refractivity contribution in [1.29, 1.82) is 0 Å². The largest absolute Gasteiger partial charge is 0.490 e. The molecule has 0 saturated heterocycles. The van der Waals surface area contributed by atoms with E-state index in [-0.39, 0.29) is 5.57 Å². The van der Waals surface area contributed by atoms with E-state index in [1.807, 2.05) is 66.9 Å². The zero-order valence-electron chi connectivity index (χ0n) is 14.9. The maximum Gasteiger partial charge on any atom is 0.337 e. The lowest BCUT2D eigenvalue weighted by Gasteiger charge is -2.09. The minimum atomic E-state index is -0.939. The molecule has 0 atom stereocenters. The van der Waals surface area contributed by atoms with Gasteiger partial charge >= 0.3 is 5.97 Å². The van der Waals surface area contributed by atoms with Gasteiger partial charge in [0.05, 0.1) is 5.57 Å². The SMILES string of the molecule is Cc1ccc(OCCOc2ccc(/C=C(/C(=O)O)c3cccs3)cc2)cc1. The van der Waals surface area contributed by atoms with Crippen LogP contribution >= 0.6 is 11.3 Å². The van der Waals surface area contributed by atoms with Crippen LogP contribution in [-0.2, 0) is 4.79 Å². The zero-order valence-corrected chi connectivity index (χ0v) is 15.7. The van der Waals surface area contributed by atoms with Gasteiger partial charge in [-0.3, -0.25) is 0 Å². The Kier molecular flexibility index (Phi) is 6.28. The molecule has 0 saturated carbocycles. The Balaban J connectivity index is 1.54. The molecule has 138 valence electrons. The topological polar surface area (TPSA) is 55.8 Å². The summed E-state index contributed by atoms with van der Waals surface area (Å²) >= 11 is 1.41. The van der Waals surface area contributed by atoms with Crippen LogP contribution in [0.15, 0.2) is 66.0 Å². The number of carboxylic acid groups (broad SMARTS) is 1. The molecule has 0 radical (unpaired) electrons. The summed E-state index contributed by atoms with van der Waals surface area (Å²) in [5, 5.41) is 11.3. The molecule has 1 N–H and O–H groups in total. The van der Waals surface area contributed by atoms with Gasteiger partial charge in [0.25, 0.3) is 0 Å². The highest BCUT2D eigenvalue weighted by Gasteiger charge is 2.11. The van der Waals surface area contributed by atoms with Crippen molar-refractivity contribution in [1.82, 2.24) is 0 Å². The van der Waals surface area contributed by atoms with E-state index in [4.69, 9.17) is 9.47 Å². The summed E-state index contributed by atoms with van der Waals surface area (Å²) in [7, 11) is 0. The number of hydrogen-bond donors (Lipinski definition) is 1. The van der Waals surface area contributed by atoms with Gasteiger partial charge in [0.15, 0.2) is 0 Å². The summed E-state index contributed by atoms with van der Waals surface area (Å²) in [6.07, 6.45) is 1.67. The Labute approximate surface area is 162 Å². The Morgan fingerprint density at radius 1 is 0.963 bits per heavy atom. The molecule has 0 spiro atoms. The van der Waals surface area contributed by atoms with Crippen molar-refractivity contribution < 1.29 is 19.4 Å². The molecule has 0 bridgehead atoms. The second-order valence-electron chi connectivity index (χ2n) is 5.92. The minimum Gasteiger partial charge on any atom is -0.490 e. The summed E-state index contributed by atoms with van der Waals surface area (Å²) in [6.45, 7) is 2.91. The standard InChI is InChI=1S/C22H20O4S/c1-16-4-8-18(9-5-16)25-12-13-26-19-10-6-17(7-11-19)15-20(22(23)24)21-3-2-14-27-21/h2-11,14-15H,12-13H2,1H3,(H,23,24)/b20-15+. The van der Waals surface area contributed by atoms with Crippen LogP contribution in [0.3, 0.4) is 0 Å². The van der Waals surface area contributed by atoms with Gasteiger partial charge in [-0.1, -0.05) is 35.9 Å². The predicted octanol–water partition coefficient (Wildman–Crippen LogP) is 5.14. The monoisotopic (exact) mass is 380 g/mol. The van der Waals surface area contributed by atoms with Crippen molar-refractivity contribution in [3.8, 4) is 11.5 Å². The number of rotatable bonds is 8. The molecule has 0 aliphatic heterocycles. The third kappa shape index (κ3) is 5.46. The smallest absolute Gasteiger partial charge is 0.337 e. The summed E-state index contributed by atoms with van der Waals surface area (Å²) in [5.74, 6) is 0.596. The van der Waals surface area contributed by atoms with Gasteiger partial charge in [-0.2, -0.15) is 0 Å². The lowest BCUT2D eigenvalue weighted by atomic mass is 10.1. The van der Waals surface area contributed by atoms with Gasteiger partial charge in [0.1, 0.15) is 24.7 Å². The molecule has 3 aromatic rings. The Morgan fingerprint density at radius 3 is 2.07 bits per heavy atom. The lowest BCUT2D eigenvalue weighted by Crippen LogP contribution is -2.08. The van der Waals surface area contributed by atoms with E-state index in [2.05, 4.69) is 0 Å². The molecule has 1 aromatic heterocycles. The van der Waals surface area contributed by atoms with E-state index in [1.54, 1.807) is 12.1 Å². The summed E-state index contributed by atoms with van der Waals surface area (Å²) in [4.78, 5) is 12.2. The molecule has 0 aliphatic carbocycles. The van der Waals surface area contributed by atoms with Gasteiger partial charge in [-0.15, -0.1) is 11.3 Å². The minimum absolute atomic E-state index is 0.283. The van der Waals surface area contributed by atoms with E-state index in [0.29, 0.717) is 19.0 Å². The number of aryl methyl sites for hydroxylation is 1. The molecule has 5 heteroatoms. The van der Waals surface area contributed by atoms with Crippen LogP contribution in [0.5, 0.6) is 11.5 Å². The zero-order chi connectivity index (χ0) is 19.1. The number of ether oxygens (including phenoxy) is 2. The second kappa shape index (κ2) is 9.05. The number of hydrogen-bond acceptors (Lipinski definition) is 4. The fourth-order valence-corrected chi connectivity index (χ4v) is 3.18. The number of thiophene rings is 1. The van der Waals surface area contributed by atoms with E-state index in [0.717, 1.165) is 16.2 Å². The highest BCUT2D eigenvalue weighted by Crippen LogP contribution is 2.24. The van der Waals surface area contributed by atoms with Crippen molar-refractivity contribution in [2.45, 2.75) is 6.92 Å². The second-order valence-corrected chi connectivity index (χ2v) is 6.87. The maximum atomic E-state index is 11.5. The van der Waals surface area contributed by atoms with Crippen molar-refractivity contribution in [3.05, 3.63) is 82.0 Å². The van der Waals surface area contributed by atoms with Crippen LogP contribution in [0.2, 0.25) is 0 Å². The van der Waals surface area contributed by atoms with Gasteiger partial charge in [0.2, 0.25) is 0 Å². The molecule has 0 amide bonds. The average Bonchev–Trinajstić information content (AvgIpc) is 3.20. The highest BCUT2D eigenvalue weighted by molar-refractivity contribution is 7.11. The van der Waals surface area contributed by atoms with Crippen molar-refractivity contribution in [2.24, 2.45) is 0 Å². The predicted molar refractivity (Wildman–Crippen MR) is 108 cm³/mol. The number of aliphatic carboxylic acids is 1. The molecule has 0 aliphatic rings. The number of carbonyl (C=O) groups is 1. The third-order valence-electron chi connectivity index (χ3n) is 3.85. The fourth-order valence-electron chi connectivity index (χ4n) is 2.45. The Bertz CT molecular complexity index is 895. The summed E-state index contributed by atoms with van der Waals surface area (Å²) in [6, 6.07) is 18.8. The summed E-state index contributed by atoms with van der Waals surface area (Å²) < 4.78 is 11.3. The molecule has 3 rings (SSSR count). The molecule has 0 fully saturated rings. The van der Waals surface area contributed by atoms with Crippen molar-refractivity contribution in [3.63, 3.8) is 0 Å². The molecule has 1 heterocycles. The molecule has 27 heavy (non-hydrogen) atoms. The van der Waals surface area contributed by atoms with Crippen LogP contribution in [0.25, 0.3) is 11.6 Å². The molecule has 0 unspecified atom stereocenters. The van der Waals surface area contributed by atoms with E-state index >= 15 is 0 Å². The third-order valence-corrected chi connectivity index (χ3v) is 4.75. The molecular formula is C22H20O4S. The van der Waals surface area contributed by atoms with Crippen LogP contribution in [0, 0.1) is 6.92 Å². The highest BCUT2D eigenvalue weighted by atomic mass is 32.1. The molecule has 2 aromatic carbocycles. The maximum absolute atomic E-state index is 11.5. The van der Waals surface area contributed by atoms with Crippen LogP contribution in [0.4, 0.5) is 0 Å². The normalized spacial score (nSPS) is 11.2. The van der Waals surface area contributed by atoms with Crippen molar-refractivity contribution in [2.75, 3.05) is 13.2 Å². The summed E-state index contributed by atoms with van der Waals surface area (Å²) in [5.41, 5.74) is 2.28. The number of carboxylic acids is 1. The van der Waals surface area contributed by atoms with E-state index < -0.39 is 5.97 Å². The first-order valence-electron chi connectivity index (χ1n) is 8.53. The van der Waals surface area contributed by atoms with Gasteiger partial charge in [0, 0.05) is 4.88 Å². The van der Waals surface area contributed by atoms with Gasteiger partial charge in [-0.05, 0) is 54.3 Å². The average molecular weight is 380 g/mol. The van der Waals surface area contributed by atoms with E-state index in [1.165, 1.54) is 16.9 Å². The molecular weight excluding hydrogens is 360 g/mol. The Morgan fingerprint density at radius 2 is 1.56 bits per heavy atom. The fraction of sp³-hybridized carbons (Fsp3) is 0.136. The first kappa shape index (κ1) is 18.7. The van der Waals surface area contributed by atoms with Crippen molar-refractivity contribution >= 4 is 29.0 Å². The molecule has 4 nitrogen and oxygen atoms in total. The van der Waals surface area contributed by atoms with Crippen LogP contribution in [-0.4, -0.2) is 24.3 Å². The first-order valence-corrected chi connectivity index (χ1v) is 9.41. The first-order chi connectivity index (χ1) is 13.1. The van der Waals surface area contributed by atoms with Gasteiger partial charge in [-0.25, -0.2) is 4.79 Å². The van der Waals surface area contributed by atoms with Crippen LogP contribution < -0.4 is 9.47 Å². The number of benzene rings is 2. The van der Waals surface area contributed by atoms with E-state index in [9.17, 15) is 9.90 Å².